The highest BCUT2D eigenvalue weighted by Crippen LogP contribution is 2.08. The van der Waals surface area contributed by atoms with Gasteiger partial charge in [0.25, 0.3) is 5.56 Å². The lowest BCUT2D eigenvalue weighted by Crippen LogP contribution is -2.34. The quantitative estimate of drug-likeness (QED) is 0.813. The number of aromatic amines is 1. The third-order valence-electron chi connectivity index (χ3n) is 2.52. The van der Waals surface area contributed by atoms with E-state index in [-0.39, 0.29) is 12.1 Å². The minimum absolute atomic E-state index is 0.0719. The summed E-state index contributed by atoms with van der Waals surface area (Å²) in [5.74, 6) is -1.09. The van der Waals surface area contributed by atoms with Crippen molar-refractivity contribution in [2.45, 2.75) is 6.54 Å². The lowest BCUT2D eigenvalue weighted by Gasteiger charge is -2.07. The van der Waals surface area contributed by atoms with E-state index in [2.05, 4.69) is 4.98 Å². The van der Waals surface area contributed by atoms with Crippen molar-refractivity contribution >= 4 is 5.97 Å². The van der Waals surface area contributed by atoms with E-state index < -0.39 is 17.2 Å². The third-order valence-corrected chi connectivity index (χ3v) is 2.52. The molecule has 0 saturated carbocycles. The van der Waals surface area contributed by atoms with Crippen LogP contribution < -0.4 is 11.2 Å². The van der Waals surface area contributed by atoms with Crippen molar-refractivity contribution in [1.82, 2.24) is 9.55 Å². The fourth-order valence-electron chi connectivity index (χ4n) is 1.64. The van der Waals surface area contributed by atoms with Crippen LogP contribution in [0.3, 0.4) is 0 Å². The van der Waals surface area contributed by atoms with Crippen LogP contribution in [0.5, 0.6) is 0 Å². The molecule has 18 heavy (non-hydrogen) atoms. The van der Waals surface area contributed by atoms with E-state index in [0.717, 1.165) is 4.57 Å². The van der Waals surface area contributed by atoms with Gasteiger partial charge in [-0.3, -0.25) is 9.36 Å². The lowest BCUT2D eigenvalue weighted by molar-refractivity contribution is 0.0695. The van der Waals surface area contributed by atoms with Gasteiger partial charge in [0.15, 0.2) is 0 Å². The highest BCUT2D eigenvalue weighted by Gasteiger charge is 2.10. The van der Waals surface area contributed by atoms with E-state index >= 15 is 0 Å². The number of rotatable bonds is 3. The number of nitrogens with one attached hydrogen (secondary N) is 1. The van der Waals surface area contributed by atoms with E-state index in [1.165, 1.54) is 18.3 Å². The molecule has 1 aromatic heterocycles. The van der Waals surface area contributed by atoms with Gasteiger partial charge in [-0.15, -0.1) is 0 Å². The molecule has 2 rings (SSSR count). The Balaban J connectivity index is 2.50. The zero-order valence-corrected chi connectivity index (χ0v) is 9.29. The number of hydrogen-bond donors (Lipinski definition) is 2. The summed E-state index contributed by atoms with van der Waals surface area (Å²) in [7, 11) is 0. The highest BCUT2D eigenvalue weighted by molar-refractivity contribution is 5.89. The fraction of sp³-hybridized carbons (Fsp3) is 0.0833. The number of benzene rings is 1. The smallest absolute Gasteiger partial charge is 0.336 e. The average Bonchev–Trinajstić information content (AvgIpc) is 2.34. The van der Waals surface area contributed by atoms with Crippen LogP contribution in [0.2, 0.25) is 0 Å². The number of H-pyrrole nitrogens is 1. The molecule has 6 nitrogen and oxygen atoms in total. The van der Waals surface area contributed by atoms with Gasteiger partial charge in [-0.25, -0.2) is 9.59 Å². The molecule has 0 radical (unpaired) electrons. The first-order valence-corrected chi connectivity index (χ1v) is 5.19. The van der Waals surface area contributed by atoms with Crippen LogP contribution in [0, 0.1) is 0 Å². The maximum Gasteiger partial charge on any atom is 0.336 e. The number of aromatic carboxylic acids is 1. The van der Waals surface area contributed by atoms with E-state index in [1.807, 2.05) is 0 Å². The van der Waals surface area contributed by atoms with Crippen molar-refractivity contribution in [3.63, 3.8) is 0 Å². The summed E-state index contributed by atoms with van der Waals surface area (Å²) in [6.45, 7) is -0.0719. The minimum atomic E-state index is -1.09. The first kappa shape index (κ1) is 11.8. The van der Waals surface area contributed by atoms with Crippen LogP contribution in [0.25, 0.3) is 0 Å². The van der Waals surface area contributed by atoms with E-state index in [9.17, 15) is 14.4 Å². The summed E-state index contributed by atoms with van der Waals surface area (Å²) in [5.41, 5.74) is -0.557. The van der Waals surface area contributed by atoms with Crippen LogP contribution in [-0.2, 0) is 6.54 Å². The van der Waals surface area contributed by atoms with Crippen molar-refractivity contribution in [2.24, 2.45) is 0 Å². The molecule has 1 heterocycles. The van der Waals surface area contributed by atoms with Gasteiger partial charge in [0.1, 0.15) is 0 Å². The van der Waals surface area contributed by atoms with Crippen molar-refractivity contribution in [3.05, 3.63) is 68.5 Å². The molecule has 0 fully saturated rings. The first-order chi connectivity index (χ1) is 8.59. The molecular formula is C12H10N2O4. The van der Waals surface area contributed by atoms with Crippen LogP contribution in [0.1, 0.15) is 15.9 Å². The van der Waals surface area contributed by atoms with Gasteiger partial charge in [-0.2, -0.15) is 0 Å². The standard InChI is InChI=1S/C12H10N2O4/c15-10-5-6-13-12(18)14(10)7-8-3-1-2-4-9(8)11(16)17/h1-6H,7H2,(H,13,18)(H,16,17). The lowest BCUT2D eigenvalue weighted by atomic mass is 10.1. The number of carboxylic acids is 1. The Morgan fingerprint density at radius 1 is 1.22 bits per heavy atom. The van der Waals surface area contributed by atoms with E-state index in [4.69, 9.17) is 5.11 Å². The molecule has 0 atom stereocenters. The fourth-order valence-corrected chi connectivity index (χ4v) is 1.64. The molecule has 2 N–H and O–H groups in total. The Bertz CT molecular complexity index is 671. The highest BCUT2D eigenvalue weighted by atomic mass is 16.4. The monoisotopic (exact) mass is 246 g/mol. The van der Waals surface area contributed by atoms with Gasteiger partial charge in [-0.05, 0) is 11.6 Å². The Hall–Kier alpha value is -2.63. The minimum Gasteiger partial charge on any atom is -0.478 e. The van der Waals surface area contributed by atoms with Gasteiger partial charge in [0.2, 0.25) is 0 Å². The van der Waals surface area contributed by atoms with Crippen molar-refractivity contribution in [1.29, 1.82) is 0 Å². The topological polar surface area (TPSA) is 92.2 Å². The first-order valence-electron chi connectivity index (χ1n) is 5.19. The molecule has 0 unspecified atom stereocenters. The molecule has 0 spiro atoms. The Morgan fingerprint density at radius 3 is 2.61 bits per heavy atom. The SMILES string of the molecule is O=C(O)c1ccccc1Cn1c(=O)cc[nH]c1=O. The molecule has 0 saturated heterocycles. The number of nitrogens with zero attached hydrogens (tertiary/aromatic N) is 1. The van der Waals surface area contributed by atoms with Gasteiger partial charge >= 0.3 is 11.7 Å². The van der Waals surface area contributed by atoms with Crippen molar-refractivity contribution < 1.29 is 9.90 Å². The van der Waals surface area contributed by atoms with Crippen LogP contribution >= 0.6 is 0 Å². The number of carbonyl (C=O) groups is 1. The van der Waals surface area contributed by atoms with Gasteiger partial charge in [-0.1, -0.05) is 18.2 Å². The average molecular weight is 246 g/mol. The van der Waals surface area contributed by atoms with Gasteiger partial charge < -0.3 is 10.1 Å². The van der Waals surface area contributed by atoms with Gasteiger partial charge in [0, 0.05) is 12.3 Å². The molecule has 2 aromatic rings. The molecular weight excluding hydrogens is 236 g/mol. The summed E-state index contributed by atoms with van der Waals surface area (Å²) < 4.78 is 0.946. The van der Waals surface area contributed by atoms with E-state index in [1.54, 1.807) is 18.2 Å². The second-order valence-electron chi connectivity index (χ2n) is 3.67. The predicted molar refractivity (Wildman–Crippen MR) is 63.8 cm³/mol. The zero-order chi connectivity index (χ0) is 13.1. The predicted octanol–water partition coefficient (Wildman–Crippen LogP) is 0.283. The molecule has 6 heteroatoms. The summed E-state index contributed by atoms with van der Waals surface area (Å²) >= 11 is 0. The van der Waals surface area contributed by atoms with E-state index in [0.29, 0.717) is 5.56 Å². The molecule has 92 valence electrons. The maximum absolute atomic E-state index is 11.5. The second-order valence-corrected chi connectivity index (χ2v) is 3.67. The van der Waals surface area contributed by atoms with Gasteiger partial charge in [0.05, 0.1) is 12.1 Å². The summed E-state index contributed by atoms with van der Waals surface area (Å²) in [4.78, 5) is 36.4. The molecule has 1 aromatic carbocycles. The summed E-state index contributed by atoms with van der Waals surface area (Å²) in [6.07, 6.45) is 1.25. The summed E-state index contributed by atoms with van der Waals surface area (Å²) in [5, 5.41) is 9.01. The second kappa shape index (κ2) is 4.70. The van der Waals surface area contributed by atoms with Crippen LogP contribution in [0.15, 0.2) is 46.1 Å². The molecule has 0 aliphatic carbocycles. The largest absolute Gasteiger partial charge is 0.478 e. The Morgan fingerprint density at radius 2 is 1.94 bits per heavy atom. The molecule has 0 bridgehead atoms. The number of carboxylic acid groups (broad SMARTS) is 1. The molecule has 0 aliphatic rings. The Kier molecular flexibility index (Phi) is 3.09. The maximum atomic E-state index is 11.5. The normalized spacial score (nSPS) is 10.2. The van der Waals surface area contributed by atoms with Crippen LogP contribution in [0.4, 0.5) is 0 Å². The number of hydrogen-bond acceptors (Lipinski definition) is 3. The van der Waals surface area contributed by atoms with Crippen molar-refractivity contribution in [2.75, 3.05) is 0 Å². The Labute approximate surface area is 101 Å². The van der Waals surface area contributed by atoms with Crippen molar-refractivity contribution in [3.8, 4) is 0 Å². The molecule has 0 amide bonds. The number of aromatic nitrogens is 2. The zero-order valence-electron chi connectivity index (χ0n) is 9.29. The third kappa shape index (κ3) is 2.22. The summed E-state index contributed by atoms with van der Waals surface area (Å²) in [6, 6.07) is 7.46. The van der Waals surface area contributed by atoms with Crippen LogP contribution in [-0.4, -0.2) is 20.6 Å². The molecule has 0 aliphatic heterocycles.